The second kappa shape index (κ2) is 7.30. The minimum Gasteiger partial charge on any atom is -0.454 e. The van der Waals surface area contributed by atoms with Crippen molar-refractivity contribution in [2.45, 2.75) is 50.0 Å². The molecule has 1 aromatic carbocycles. The first-order valence-corrected chi connectivity index (χ1v) is 10.6. The predicted octanol–water partition coefficient (Wildman–Crippen LogP) is 0.601. The van der Waals surface area contributed by atoms with E-state index >= 15 is 0 Å². The van der Waals surface area contributed by atoms with Crippen molar-refractivity contribution in [1.29, 1.82) is 0 Å². The minimum atomic E-state index is -0.998. The standard InChI is InChI=1S/C20H25N3O5S/c24-13-9-12(19(26)22-6-2-1-3-7-22)17-16(18(13)25)21-20(29)23(17)11-4-5-14-15(8-11)28-10-27-14/h4-5,8,12-13,16-18,24-25H,1-3,6-7,9-10H2,(H,21,29)/t12-,13-,16-,17+,18+/m1/s1. The van der Waals surface area contributed by atoms with Gasteiger partial charge in [0.1, 0.15) is 6.10 Å². The maximum atomic E-state index is 13.4. The summed E-state index contributed by atoms with van der Waals surface area (Å²) < 4.78 is 10.9. The molecule has 0 radical (unpaired) electrons. The van der Waals surface area contributed by atoms with Gasteiger partial charge in [-0.3, -0.25) is 4.79 Å². The number of thiocarbonyl (C=S) groups is 1. The third-order valence-corrected chi connectivity index (χ3v) is 6.78. The van der Waals surface area contributed by atoms with E-state index in [1.165, 1.54) is 0 Å². The van der Waals surface area contributed by atoms with Gasteiger partial charge in [-0.2, -0.15) is 0 Å². The van der Waals surface area contributed by atoms with E-state index in [0.29, 0.717) is 16.6 Å². The van der Waals surface area contributed by atoms with Crippen molar-refractivity contribution in [3.63, 3.8) is 0 Å². The number of likely N-dealkylation sites (tertiary alicyclic amines) is 1. The Labute approximate surface area is 174 Å². The fourth-order valence-electron chi connectivity index (χ4n) is 5.01. The predicted molar refractivity (Wildman–Crippen MR) is 109 cm³/mol. The molecule has 5 atom stereocenters. The van der Waals surface area contributed by atoms with Gasteiger partial charge in [0.15, 0.2) is 16.6 Å². The molecule has 156 valence electrons. The summed E-state index contributed by atoms with van der Waals surface area (Å²) in [7, 11) is 0. The van der Waals surface area contributed by atoms with Crippen LogP contribution >= 0.6 is 12.2 Å². The molecule has 0 aromatic heterocycles. The molecule has 3 N–H and O–H groups in total. The molecule has 0 bridgehead atoms. The highest BCUT2D eigenvalue weighted by Gasteiger charge is 2.54. The van der Waals surface area contributed by atoms with Gasteiger partial charge >= 0.3 is 0 Å². The first-order chi connectivity index (χ1) is 14.0. The number of aliphatic hydroxyl groups is 2. The maximum absolute atomic E-state index is 13.4. The molecule has 3 aliphatic heterocycles. The van der Waals surface area contributed by atoms with Crippen LogP contribution in [0.2, 0.25) is 0 Å². The van der Waals surface area contributed by atoms with Crippen LogP contribution in [0.25, 0.3) is 0 Å². The number of fused-ring (bicyclic) bond motifs is 2. The summed E-state index contributed by atoms with van der Waals surface area (Å²) in [6.45, 7) is 1.66. The van der Waals surface area contributed by atoms with Crippen LogP contribution in [-0.2, 0) is 4.79 Å². The summed E-state index contributed by atoms with van der Waals surface area (Å²) in [6.07, 6.45) is 1.38. The van der Waals surface area contributed by atoms with Crippen LogP contribution in [0.15, 0.2) is 18.2 Å². The lowest BCUT2D eigenvalue weighted by molar-refractivity contribution is -0.142. The number of amides is 1. The Kier molecular flexibility index (Phi) is 4.76. The van der Waals surface area contributed by atoms with E-state index < -0.39 is 24.2 Å². The summed E-state index contributed by atoms with van der Waals surface area (Å²) in [6, 6.07) is 4.65. The van der Waals surface area contributed by atoms with E-state index in [1.807, 2.05) is 28.0 Å². The molecule has 1 aromatic rings. The number of hydrogen-bond acceptors (Lipinski definition) is 6. The Balaban J connectivity index is 1.50. The lowest BCUT2D eigenvalue weighted by Crippen LogP contribution is -2.61. The first-order valence-electron chi connectivity index (χ1n) is 10.2. The molecule has 29 heavy (non-hydrogen) atoms. The van der Waals surface area contributed by atoms with E-state index in [-0.39, 0.29) is 25.2 Å². The van der Waals surface area contributed by atoms with Gasteiger partial charge in [0.05, 0.1) is 24.1 Å². The van der Waals surface area contributed by atoms with Crippen molar-refractivity contribution in [3.8, 4) is 11.5 Å². The summed E-state index contributed by atoms with van der Waals surface area (Å²) >= 11 is 5.58. The van der Waals surface area contributed by atoms with Gasteiger partial charge in [-0.05, 0) is 50.0 Å². The molecular formula is C20H25N3O5S. The van der Waals surface area contributed by atoms with Crippen molar-refractivity contribution in [2.75, 3.05) is 24.8 Å². The van der Waals surface area contributed by atoms with E-state index in [4.69, 9.17) is 21.7 Å². The zero-order valence-electron chi connectivity index (χ0n) is 16.0. The van der Waals surface area contributed by atoms with E-state index in [9.17, 15) is 15.0 Å². The number of carbonyl (C=O) groups excluding carboxylic acids is 1. The molecule has 0 unspecified atom stereocenters. The number of carbonyl (C=O) groups is 1. The van der Waals surface area contributed by atoms with Crippen LogP contribution in [-0.4, -0.2) is 70.3 Å². The lowest BCUT2D eigenvalue weighted by atomic mass is 9.76. The van der Waals surface area contributed by atoms with Gasteiger partial charge in [-0.15, -0.1) is 0 Å². The van der Waals surface area contributed by atoms with Crippen LogP contribution in [0, 0.1) is 5.92 Å². The van der Waals surface area contributed by atoms with Gasteiger partial charge in [0.2, 0.25) is 12.7 Å². The largest absolute Gasteiger partial charge is 0.454 e. The molecule has 1 amide bonds. The Morgan fingerprint density at radius 1 is 1.14 bits per heavy atom. The molecule has 4 aliphatic rings. The number of anilines is 1. The summed E-state index contributed by atoms with van der Waals surface area (Å²) in [5.41, 5.74) is 0.777. The Hall–Kier alpha value is -2.10. The van der Waals surface area contributed by atoms with Crippen molar-refractivity contribution < 1.29 is 24.5 Å². The molecule has 8 nitrogen and oxygen atoms in total. The summed E-state index contributed by atoms with van der Waals surface area (Å²) in [5, 5.41) is 24.7. The number of rotatable bonds is 2. The molecular weight excluding hydrogens is 394 g/mol. The Bertz CT molecular complexity index is 830. The zero-order chi connectivity index (χ0) is 20.1. The number of hydrogen-bond donors (Lipinski definition) is 3. The highest BCUT2D eigenvalue weighted by Crippen LogP contribution is 2.41. The third-order valence-electron chi connectivity index (χ3n) is 6.46. The number of nitrogens with one attached hydrogen (secondary N) is 1. The minimum absolute atomic E-state index is 0.0305. The van der Waals surface area contributed by atoms with Crippen LogP contribution < -0.4 is 19.7 Å². The summed E-state index contributed by atoms with van der Waals surface area (Å²) in [4.78, 5) is 17.2. The lowest BCUT2D eigenvalue weighted by Gasteiger charge is -2.43. The van der Waals surface area contributed by atoms with Crippen LogP contribution in [0.1, 0.15) is 25.7 Å². The van der Waals surface area contributed by atoms with Crippen LogP contribution in [0.5, 0.6) is 11.5 Å². The monoisotopic (exact) mass is 419 g/mol. The Morgan fingerprint density at radius 3 is 2.69 bits per heavy atom. The van der Waals surface area contributed by atoms with E-state index in [2.05, 4.69) is 5.32 Å². The first kappa shape index (κ1) is 18.9. The molecule has 2 saturated heterocycles. The van der Waals surface area contributed by atoms with Crippen molar-refractivity contribution >= 4 is 28.9 Å². The fourth-order valence-corrected chi connectivity index (χ4v) is 5.37. The smallest absolute Gasteiger partial charge is 0.231 e. The number of piperidine rings is 1. The molecule has 9 heteroatoms. The van der Waals surface area contributed by atoms with Gasteiger partial charge in [-0.25, -0.2) is 0 Å². The second-order valence-electron chi connectivity index (χ2n) is 8.16. The molecule has 5 rings (SSSR count). The SMILES string of the molecule is O=C([C@@H]1C[C@@H](O)[C@H](O)[C@@H]2NC(=S)N(c3ccc4c(c3)OCO4)[C@H]21)N1CCCCC1. The topological polar surface area (TPSA) is 94.5 Å². The number of benzene rings is 1. The fraction of sp³-hybridized carbons (Fsp3) is 0.600. The van der Waals surface area contributed by atoms with Crippen molar-refractivity contribution in [3.05, 3.63) is 18.2 Å². The quantitative estimate of drug-likeness (QED) is 0.600. The average Bonchev–Trinajstić information content (AvgIpc) is 3.34. The van der Waals surface area contributed by atoms with Crippen LogP contribution in [0.3, 0.4) is 0 Å². The molecule has 3 fully saturated rings. The number of aliphatic hydroxyl groups excluding tert-OH is 2. The van der Waals surface area contributed by atoms with Gasteiger partial charge in [0, 0.05) is 24.8 Å². The molecule has 0 spiro atoms. The van der Waals surface area contributed by atoms with Gasteiger partial charge < -0.3 is 34.8 Å². The van der Waals surface area contributed by atoms with Crippen molar-refractivity contribution in [1.82, 2.24) is 10.2 Å². The third kappa shape index (κ3) is 3.12. The average molecular weight is 420 g/mol. The molecule has 3 heterocycles. The van der Waals surface area contributed by atoms with Crippen molar-refractivity contribution in [2.24, 2.45) is 5.92 Å². The summed E-state index contributed by atoms with van der Waals surface area (Å²) in [5.74, 6) is 0.866. The van der Waals surface area contributed by atoms with Crippen LogP contribution in [0.4, 0.5) is 5.69 Å². The van der Waals surface area contributed by atoms with Gasteiger partial charge in [0.25, 0.3) is 0 Å². The highest BCUT2D eigenvalue weighted by atomic mass is 32.1. The highest BCUT2D eigenvalue weighted by molar-refractivity contribution is 7.80. The Morgan fingerprint density at radius 2 is 1.90 bits per heavy atom. The molecule has 1 saturated carbocycles. The number of nitrogens with zero attached hydrogens (tertiary/aromatic N) is 2. The normalized spacial score (nSPS) is 33.4. The van der Waals surface area contributed by atoms with E-state index in [0.717, 1.165) is 38.0 Å². The second-order valence-corrected chi connectivity index (χ2v) is 8.55. The zero-order valence-corrected chi connectivity index (χ0v) is 16.8. The van der Waals surface area contributed by atoms with Gasteiger partial charge in [-0.1, -0.05) is 0 Å². The number of ether oxygens (including phenoxy) is 2. The molecule has 1 aliphatic carbocycles. The maximum Gasteiger partial charge on any atom is 0.231 e. The van der Waals surface area contributed by atoms with E-state index in [1.54, 1.807) is 0 Å².